The molecule has 1 heterocycles. The number of aromatic hydroxyl groups is 1. The first-order valence-electron chi connectivity index (χ1n) is 9.26. The lowest BCUT2D eigenvalue weighted by molar-refractivity contribution is -0.0324. The van der Waals surface area contributed by atoms with E-state index < -0.39 is 17.5 Å². The largest absolute Gasteiger partial charge is 0.508 e. The minimum absolute atomic E-state index is 0.0291. The number of ether oxygens (including phenoxy) is 1. The maximum atomic E-state index is 12.5. The van der Waals surface area contributed by atoms with Gasteiger partial charge in [-0.2, -0.15) is 0 Å². The topological polar surface area (TPSA) is 87.0 Å². The molecule has 26 heavy (non-hydrogen) atoms. The van der Waals surface area contributed by atoms with Gasteiger partial charge in [0.2, 0.25) is 0 Å². The molecule has 5 heteroatoms. The van der Waals surface area contributed by atoms with Gasteiger partial charge in [0.25, 0.3) is 0 Å². The van der Waals surface area contributed by atoms with Crippen molar-refractivity contribution in [1.29, 1.82) is 0 Å². The fourth-order valence-corrected chi connectivity index (χ4v) is 5.44. The smallest absolute Gasteiger partial charge is 0.339 e. The Kier molecular flexibility index (Phi) is 3.76. The van der Waals surface area contributed by atoms with Crippen LogP contribution in [0.25, 0.3) is 6.08 Å². The zero-order valence-electron chi connectivity index (χ0n) is 15.5. The molecule has 0 aromatic heterocycles. The first-order valence-corrected chi connectivity index (χ1v) is 9.26. The maximum absolute atomic E-state index is 12.5. The number of hydrogen-bond donors (Lipinski definition) is 3. The van der Waals surface area contributed by atoms with Crippen molar-refractivity contribution in [2.45, 2.75) is 51.0 Å². The van der Waals surface area contributed by atoms with Gasteiger partial charge in [0.15, 0.2) is 0 Å². The molecule has 140 valence electrons. The summed E-state index contributed by atoms with van der Waals surface area (Å²) in [6.07, 6.45) is 4.89. The van der Waals surface area contributed by atoms with E-state index in [1.165, 1.54) is 0 Å². The summed E-state index contributed by atoms with van der Waals surface area (Å²) in [5, 5.41) is 31.5. The Morgan fingerprint density at radius 2 is 2.04 bits per heavy atom. The van der Waals surface area contributed by atoms with Gasteiger partial charge in [-0.25, -0.2) is 4.79 Å². The van der Waals surface area contributed by atoms with E-state index >= 15 is 0 Å². The number of aliphatic hydroxyl groups excluding tert-OH is 2. The highest BCUT2D eigenvalue weighted by molar-refractivity contribution is 5.98. The quantitative estimate of drug-likeness (QED) is 0.672. The first kappa shape index (κ1) is 17.6. The van der Waals surface area contributed by atoms with E-state index in [-0.39, 0.29) is 36.2 Å². The average Bonchev–Trinajstić information content (AvgIpc) is 2.58. The average molecular weight is 358 g/mol. The minimum atomic E-state index is -0.683. The van der Waals surface area contributed by atoms with Crippen molar-refractivity contribution in [2.75, 3.05) is 13.2 Å². The standard InChI is InChI=1S/C21H26O5/c1-20(2)7-6-16(24)21(3)15(20)5-4-12-17-13(8-14(23)18(12)21)11(9-22)10-26-19(17)25/h4-5,8,11,15-16,22-24H,6-7,9-10H2,1-3H3/t11-,15-,16?,21+/m0/s1. The van der Waals surface area contributed by atoms with Gasteiger partial charge in [-0.1, -0.05) is 32.9 Å². The van der Waals surface area contributed by atoms with Crippen LogP contribution in [0.4, 0.5) is 0 Å². The Morgan fingerprint density at radius 3 is 2.73 bits per heavy atom. The minimum Gasteiger partial charge on any atom is -0.508 e. The third-order valence-corrected chi connectivity index (χ3v) is 6.89. The van der Waals surface area contributed by atoms with Crippen LogP contribution < -0.4 is 0 Å². The molecule has 0 saturated heterocycles. The van der Waals surface area contributed by atoms with E-state index in [4.69, 9.17) is 4.74 Å². The molecular formula is C21H26O5. The molecule has 0 amide bonds. The van der Waals surface area contributed by atoms with Crippen LogP contribution >= 0.6 is 0 Å². The molecule has 1 unspecified atom stereocenters. The van der Waals surface area contributed by atoms with E-state index in [1.54, 1.807) is 6.07 Å². The van der Waals surface area contributed by atoms with Crippen LogP contribution in [0.15, 0.2) is 12.1 Å². The Labute approximate surface area is 153 Å². The number of carbonyl (C=O) groups is 1. The number of esters is 1. The van der Waals surface area contributed by atoms with Crippen molar-refractivity contribution in [2.24, 2.45) is 11.3 Å². The number of rotatable bonds is 1. The van der Waals surface area contributed by atoms with E-state index in [0.717, 1.165) is 6.42 Å². The van der Waals surface area contributed by atoms with Crippen LogP contribution in [0.3, 0.4) is 0 Å². The number of carbonyl (C=O) groups excluding carboxylic acids is 1. The summed E-state index contributed by atoms with van der Waals surface area (Å²) in [6.45, 7) is 6.30. The van der Waals surface area contributed by atoms with E-state index in [2.05, 4.69) is 19.9 Å². The molecule has 4 rings (SSSR count). The summed E-state index contributed by atoms with van der Waals surface area (Å²) in [5.41, 5.74) is 1.57. The molecule has 4 atom stereocenters. The molecule has 3 N–H and O–H groups in total. The van der Waals surface area contributed by atoms with Gasteiger partial charge in [0.05, 0.1) is 18.3 Å². The lowest BCUT2D eigenvalue weighted by Crippen LogP contribution is -2.54. The predicted molar refractivity (Wildman–Crippen MR) is 97.1 cm³/mol. The monoisotopic (exact) mass is 358 g/mol. The highest BCUT2D eigenvalue weighted by Gasteiger charge is 2.55. The summed E-state index contributed by atoms with van der Waals surface area (Å²) >= 11 is 0. The Bertz CT molecular complexity index is 809. The van der Waals surface area contributed by atoms with E-state index in [9.17, 15) is 20.1 Å². The first-order chi connectivity index (χ1) is 12.2. The highest BCUT2D eigenvalue weighted by atomic mass is 16.5. The molecule has 1 aromatic carbocycles. The number of fused-ring (bicyclic) bond motifs is 5. The van der Waals surface area contributed by atoms with Gasteiger partial charge in [-0.3, -0.25) is 0 Å². The van der Waals surface area contributed by atoms with Crippen molar-refractivity contribution in [3.63, 3.8) is 0 Å². The van der Waals surface area contributed by atoms with Crippen LogP contribution in [-0.2, 0) is 10.2 Å². The lowest BCUT2D eigenvalue weighted by atomic mass is 9.50. The molecule has 1 fully saturated rings. The van der Waals surface area contributed by atoms with Gasteiger partial charge in [-0.15, -0.1) is 0 Å². The van der Waals surface area contributed by atoms with Crippen LogP contribution in [-0.4, -0.2) is 40.6 Å². The normalized spacial score (nSPS) is 34.5. The van der Waals surface area contributed by atoms with Gasteiger partial charge >= 0.3 is 5.97 Å². The van der Waals surface area contributed by atoms with Crippen LogP contribution in [0.1, 0.15) is 66.6 Å². The number of phenolic OH excluding ortho intramolecular Hbond substituents is 1. The lowest BCUT2D eigenvalue weighted by Gasteiger charge is -2.54. The van der Waals surface area contributed by atoms with Crippen molar-refractivity contribution in [3.8, 4) is 5.75 Å². The second-order valence-corrected chi connectivity index (χ2v) is 8.79. The number of allylic oxidation sites excluding steroid dienone is 1. The number of hydrogen-bond acceptors (Lipinski definition) is 5. The van der Waals surface area contributed by atoms with Crippen molar-refractivity contribution in [3.05, 3.63) is 34.4 Å². The zero-order valence-corrected chi connectivity index (χ0v) is 15.5. The van der Waals surface area contributed by atoms with Crippen molar-refractivity contribution in [1.82, 2.24) is 0 Å². The summed E-state index contributed by atoms with van der Waals surface area (Å²) in [6, 6.07) is 1.59. The van der Waals surface area contributed by atoms with E-state index in [1.807, 2.05) is 13.0 Å². The second kappa shape index (κ2) is 5.57. The summed E-state index contributed by atoms with van der Waals surface area (Å²) in [7, 11) is 0. The third-order valence-electron chi connectivity index (χ3n) is 6.89. The molecule has 1 aromatic rings. The van der Waals surface area contributed by atoms with Gasteiger partial charge in [0, 0.05) is 16.9 Å². The molecule has 2 aliphatic carbocycles. The fraction of sp³-hybridized carbons (Fsp3) is 0.571. The van der Waals surface area contributed by atoms with Crippen LogP contribution in [0.5, 0.6) is 5.75 Å². The SMILES string of the molecule is CC1(C)CCC(O)[C@]2(C)c3c(O)cc4c(c3C=C[C@@H]12)C(=O)OC[C@@H]4CO. The maximum Gasteiger partial charge on any atom is 0.339 e. The van der Waals surface area contributed by atoms with Crippen molar-refractivity contribution >= 4 is 12.0 Å². The number of aliphatic hydroxyl groups is 2. The molecule has 0 bridgehead atoms. The highest BCUT2D eigenvalue weighted by Crippen LogP contribution is 2.58. The second-order valence-electron chi connectivity index (χ2n) is 8.79. The molecule has 0 spiro atoms. The third kappa shape index (κ3) is 2.13. The molecular weight excluding hydrogens is 332 g/mol. The predicted octanol–water partition coefficient (Wildman–Crippen LogP) is 2.72. The molecule has 0 radical (unpaired) electrons. The van der Waals surface area contributed by atoms with Gasteiger partial charge < -0.3 is 20.1 Å². The molecule has 5 nitrogen and oxygen atoms in total. The summed E-state index contributed by atoms with van der Waals surface area (Å²) in [4.78, 5) is 12.5. The Balaban J connectivity index is 2.01. The number of cyclic esters (lactones) is 1. The fourth-order valence-electron chi connectivity index (χ4n) is 5.44. The number of benzene rings is 1. The van der Waals surface area contributed by atoms with Crippen molar-refractivity contribution < 1.29 is 24.9 Å². The summed E-state index contributed by atoms with van der Waals surface area (Å²) in [5.74, 6) is -0.647. The van der Waals surface area contributed by atoms with Crippen LogP contribution in [0, 0.1) is 11.3 Å². The summed E-state index contributed by atoms with van der Waals surface area (Å²) < 4.78 is 5.27. The van der Waals surface area contributed by atoms with Crippen LogP contribution in [0.2, 0.25) is 0 Å². The molecule has 3 aliphatic rings. The Morgan fingerprint density at radius 1 is 1.31 bits per heavy atom. The van der Waals surface area contributed by atoms with Gasteiger partial charge in [-0.05, 0) is 41.4 Å². The molecule has 1 saturated carbocycles. The van der Waals surface area contributed by atoms with E-state index in [0.29, 0.717) is 28.7 Å². The van der Waals surface area contributed by atoms with Gasteiger partial charge in [0.1, 0.15) is 12.4 Å². The molecule has 1 aliphatic heterocycles. The number of phenols is 1. The Hall–Kier alpha value is -1.85. The zero-order chi connectivity index (χ0) is 18.9.